The maximum Gasteiger partial charge on any atom is 0.191 e. The highest BCUT2D eigenvalue weighted by Crippen LogP contribution is 2.14. The van der Waals surface area contributed by atoms with Crippen molar-refractivity contribution in [1.82, 2.24) is 10.6 Å². The molecule has 2 N–H and O–H groups in total. The van der Waals surface area contributed by atoms with Crippen molar-refractivity contribution in [1.29, 1.82) is 0 Å². The van der Waals surface area contributed by atoms with Crippen LogP contribution in [0.15, 0.2) is 29.3 Å². The van der Waals surface area contributed by atoms with E-state index < -0.39 is 9.84 Å². The van der Waals surface area contributed by atoms with E-state index in [1.165, 1.54) is 0 Å². The van der Waals surface area contributed by atoms with Crippen LogP contribution in [-0.2, 0) is 32.5 Å². The van der Waals surface area contributed by atoms with E-state index in [9.17, 15) is 8.42 Å². The van der Waals surface area contributed by atoms with Crippen LogP contribution in [0.3, 0.4) is 0 Å². The molecule has 9 heteroatoms. The summed E-state index contributed by atoms with van der Waals surface area (Å²) in [4.78, 5) is 4.60. The summed E-state index contributed by atoms with van der Waals surface area (Å²) < 4.78 is 34.6. The molecule has 0 spiro atoms. The van der Waals surface area contributed by atoms with Gasteiger partial charge in [-0.2, -0.15) is 0 Å². The quantitative estimate of drug-likeness (QED) is 0.315. The normalized spacial score (nSPS) is 22.1. The molecule has 1 aromatic rings. The monoisotopic (exact) mass is 537 g/mol. The molecule has 2 aliphatic rings. The minimum absolute atomic E-state index is 0. The summed E-state index contributed by atoms with van der Waals surface area (Å²) in [5.74, 6) is 1.09. The van der Waals surface area contributed by atoms with Crippen LogP contribution < -0.4 is 10.6 Å². The molecule has 29 heavy (non-hydrogen) atoms. The van der Waals surface area contributed by atoms with Crippen LogP contribution in [0.25, 0.3) is 0 Å². The highest BCUT2D eigenvalue weighted by Gasteiger charge is 2.28. The highest BCUT2D eigenvalue weighted by molar-refractivity contribution is 14.0. The summed E-state index contributed by atoms with van der Waals surface area (Å²) in [6, 6.07) is 8.22. The van der Waals surface area contributed by atoms with E-state index in [4.69, 9.17) is 9.47 Å². The summed E-state index contributed by atoms with van der Waals surface area (Å²) in [6.45, 7) is 5.46. The van der Waals surface area contributed by atoms with Gasteiger partial charge in [-0.1, -0.05) is 24.3 Å². The smallest absolute Gasteiger partial charge is 0.191 e. The summed E-state index contributed by atoms with van der Waals surface area (Å²) in [7, 11) is -2.91. The number of hydrogen-bond donors (Lipinski definition) is 2. The molecule has 2 heterocycles. The van der Waals surface area contributed by atoms with Crippen LogP contribution in [0.1, 0.15) is 37.3 Å². The van der Waals surface area contributed by atoms with Gasteiger partial charge in [-0.15, -0.1) is 24.0 Å². The molecule has 0 bridgehead atoms. The first-order chi connectivity index (χ1) is 13.5. The van der Waals surface area contributed by atoms with Crippen molar-refractivity contribution in [3.63, 3.8) is 0 Å². The second-order valence-electron chi connectivity index (χ2n) is 7.38. The molecule has 1 atom stereocenters. The van der Waals surface area contributed by atoms with Gasteiger partial charge in [-0.3, -0.25) is 0 Å². The van der Waals surface area contributed by atoms with Crippen LogP contribution in [0.4, 0.5) is 0 Å². The Kier molecular flexibility index (Phi) is 10.1. The van der Waals surface area contributed by atoms with Gasteiger partial charge >= 0.3 is 0 Å². The Bertz CT molecular complexity index is 749. The van der Waals surface area contributed by atoms with E-state index in [0.717, 1.165) is 43.7 Å². The number of nitrogens with zero attached hydrogens (tertiary/aromatic N) is 1. The predicted molar refractivity (Wildman–Crippen MR) is 125 cm³/mol. The largest absolute Gasteiger partial charge is 0.381 e. The molecule has 0 radical (unpaired) electrons. The summed E-state index contributed by atoms with van der Waals surface area (Å²) in [5.41, 5.74) is 2.26. The van der Waals surface area contributed by atoms with E-state index in [1.54, 1.807) is 0 Å². The van der Waals surface area contributed by atoms with Crippen LogP contribution in [0.2, 0.25) is 0 Å². The number of aliphatic imine (C=N–C) groups is 1. The topological polar surface area (TPSA) is 89.0 Å². The zero-order valence-corrected chi connectivity index (χ0v) is 20.1. The first-order valence-corrected chi connectivity index (χ1v) is 11.9. The van der Waals surface area contributed by atoms with Crippen molar-refractivity contribution < 1.29 is 17.9 Å². The Labute approximate surface area is 191 Å². The van der Waals surface area contributed by atoms with Gasteiger partial charge in [0.05, 0.1) is 30.8 Å². The molecule has 164 valence electrons. The van der Waals surface area contributed by atoms with E-state index in [2.05, 4.69) is 39.9 Å². The Morgan fingerprint density at radius 2 is 1.86 bits per heavy atom. The number of halogens is 1. The third kappa shape index (κ3) is 8.39. The van der Waals surface area contributed by atoms with Crippen molar-refractivity contribution >= 4 is 39.8 Å². The molecule has 7 nitrogen and oxygen atoms in total. The van der Waals surface area contributed by atoms with Crippen LogP contribution in [0.5, 0.6) is 0 Å². The highest BCUT2D eigenvalue weighted by atomic mass is 127. The van der Waals surface area contributed by atoms with Crippen LogP contribution >= 0.6 is 24.0 Å². The Balaban J connectivity index is 0.00000300. The number of hydrogen-bond acceptors (Lipinski definition) is 5. The fourth-order valence-corrected chi connectivity index (χ4v) is 5.06. The lowest BCUT2D eigenvalue weighted by Crippen LogP contribution is -2.44. The molecular formula is C20H32IN3O4S. The molecule has 1 aromatic carbocycles. The maximum atomic E-state index is 11.6. The van der Waals surface area contributed by atoms with Gasteiger partial charge in [0.1, 0.15) is 0 Å². The predicted octanol–water partition coefficient (Wildman–Crippen LogP) is 2.24. The fourth-order valence-electron chi connectivity index (χ4n) is 3.39. The zero-order chi connectivity index (χ0) is 19.8. The van der Waals surface area contributed by atoms with Crippen molar-refractivity contribution in [2.45, 2.75) is 51.5 Å². The van der Waals surface area contributed by atoms with Gasteiger partial charge < -0.3 is 20.1 Å². The average Bonchev–Trinajstić information content (AvgIpc) is 3.04. The standard InChI is InChI=1S/C20H31N3O4S.HI/c1-2-21-20(23-18-9-12-28(24,25)15-18)22-13-16-3-5-17(6-4-16)14-27-19-7-10-26-11-8-19;/h3-6,18-19H,2,7-15H2,1H3,(H2,21,22,23);1H. The summed E-state index contributed by atoms with van der Waals surface area (Å²) >= 11 is 0. The lowest BCUT2D eigenvalue weighted by atomic mass is 10.1. The molecule has 0 aliphatic carbocycles. The Morgan fingerprint density at radius 3 is 2.48 bits per heavy atom. The van der Waals surface area contributed by atoms with Crippen LogP contribution in [0, 0.1) is 0 Å². The second-order valence-corrected chi connectivity index (χ2v) is 9.61. The van der Waals surface area contributed by atoms with Gasteiger partial charge in [-0.05, 0) is 37.3 Å². The number of rotatable bonds is 7. The number of nitrogens with one attached hydrogen (secondary N) is 2. The van der Waals surface area contributed by atoms with E-state index in [-0.39, 0.29) is 41.5 Å². The number of ether oxygens (including phenoxy) is 2. The first-order valence-electron chi connectivity index (χ1n) is 10.1. The zero-order valence-electron chi connectivity index (χ0n) is 16.9. The number of benzene rings is 1. The van der Waals surface area contributed by atoms with Gasteiger partial charge in [0, 0.05) is 25.8 Å². The summed E-state index contributed by atoms with van der Waals surface area (Å²) in [6.07, 6.45) is 2.87. The third-order valence-electron chi connectivity index (χ3n) is 5.01. The first kappa shape index (κ1) is 24.4. The van der Waals surface area contributed by atoms with E-state index in [1.807, 2.05) is 6.92 Å². The molecule has 2 fully saturated rings. The molecule has 0 amide bonds. The Morgan fingerprint density at radius 1 is 1.17 bits per heavy atom. The Hall–Kier alpha value is -0.910. The van der Waals surface area contributed by atoms with Crippen molar-refractivity contribution in [2.24, 2.45) is 4.99 Å². The van der Waals surface area contributed by atoms with E-state index >= 15 is 0 Å². The molecule has 1 unspecified atom stereocenters. The number of guanidine groups is 1. The van der Waals surface area contributed by atoms with Gasteiger partial charge in [0.25, 0.3) is 0 Å². The minimum Gasteiger partial charge on any atom is -0.381 e. The van der Waals surface area contributed by atoms with Crippen LogP contribution in [-0.4, -0.2) is 57.8 Å². The molecule has 3 rings (SSSR count). The molecule has 0 aromatic heterocycles. The third-order valence-corrected chi connectivity index (χ3v) is 6.78. The summed E-state index contributed by atoms with van der Waals surface area (Å²) in [5, 5.41) is 6.43. The lowest BCUT2D eigenvalue weighted by molar-refractivity contribution is -0.0390. The molecule has 2 aliphatic heterocycles. The average molecular weight is 537 g/mol. The van der Waals surface area contributed by atoms with Gasteiger partial charge in [0.2, 0.25) is 0 Å². The lowest BCUT2D eigenvalue weighted by Gasteiger charge is -2.22. The minimum atomic E-state index is -2.91. The van der Waals surface area contributed by atoms with Crippen molar-refractivity contribution in [3.8, 4) is 0 Å². The number of sulfone groups is 1. The fraction of sp³-hybridized carbons (Fsp3) is 0.650. The van der Waals surface area contributed by atoms with Gasteiger partial charge in [-0.25, -0.2) is 13.4 Å². The molecular weight excluding hydrogens is 505 g/mol. The SMILES string of the molecule is CCNC(=NCc1ccc(COC2CCOCC2)cc1)NC1CCS(=O)(=O)C1.I. The molecule has 2 saturated heterocycles. The van der Waals surface area contributed by atoms with Crippen molar-refractivity contribution in [2.75, 3.05) is 31.3 Å². The maximum absolute atomic E-state index is 11.6. The van der Waals surface area contributed by atoms with Gasteiger partial charge in [0.15, 0.2) is 15.8 Å². The van der Waals surface area contributed by atoms with Crippen molar-refractivity contribution in [3.05, 3.63) is 35.4 Å². The van der Waals surface area contributed by atoms with E-state index in [0.29, 0.717) is 31.6 Å². The second kappa shape index (κ2) is 12.1. The molecule has 0 saturated carbocycles.